The molecular formula is C27H20F4N6O4S. The highest BCUT2D eigenvalue weighted by molar-refractivity contribution is 7.89. The molecule has 0 unspecified atom stereocenters. The maximum absolute atomic E-state index is 13.6. The second-order valence-corrected chi connectivity index (χ2v) is 10.8. The largest absolute Gasteiger partial charge is 0.443 e. The number of rotatable bonds is 9. The maximum atomic E-state index is 13.6. The molecule has 216 valence electrons. The minimum absolute atomic E-state index is 0.127. The van der Waals surface area contributed by atoms with Gasteiger partial charge in [-0.25, -0.2) is 22.8 Å². The molecule has 1 N–H and O–H groups in total. The average molecular weight is 601 g/mol. The van der Waals surface area contributed by atoms with Crippen LogP contribution in [-0.4, -0.2) is 45.1 Å². The Morgan fingerprint density at radius 3 is 2.45 bits per heavy atom. The van der Waals surface area contributed by atoms with Crippen molar-refractivity contribution in [1.82, 2.24) is 29.6 Å². The summed E-state index contributed by atoms with van der Waals surface area (Å²) >= 11 is 0. The van der Waals surface area contributed by atoms with Crippen LogP contribution in [0.3, 0.4) is 0 Å². The second-order valence-electron chi connectivity index (χ2n) is 8.96. The Morgan fingerprint density at radius 1 is 0.952 bits per heavy atom. The van der Waals surface area contributed by atoms with Crippen LogP contribution in [0.1, 0.15) is 17.0 Å². The third-order valence-electron chi connectivity index (χ3n) is 6.02. The maximum Gasteiger partial charge on any atom is 0.416 e. The Balaban J connectivity index is 1.32. The summed E-state index contributed by atoms with van der Waals surface area (Å²) in [6, 6.07) is 10.6. The number of furan rings is 1. The Bertz CT molecular complexity index is 1830. The van der Waals surface area contributed by atoms with Crippen molar-refractivity contribution < 1.29 is 35.2 Å². The number of hydrogen-bond acceptors (Lipinski definition) is 8. The van der Waals surface area contributed by atoms with Crippen molar-refractivity contribution in [3.8, 4) is 11.3 Å². The Hall–Kier alpha value is -4.76. The first kappa shape index (κ1) is 28.8. The molecule has 0 fully saturated rings. The molecule has 0 aliphatic rings. The number of fused-ring (bicyclic) bond motifs is 1. The van der Waals surface area contributed by atoms with Gasteiger partial charge in [-0.1, -0.05) is 12.1 Å². The van der Waals surface area contributed by atoms with Crippen LogP contribution in [0.15, 0.2) is 89.0 Å². The fraction of sp³-hybridized carbons (Fsp3) is 0.148. The lowest BCUT2D eigenvalue weighted by molar-refractivity contribution is -0.137. The van der Waals surface area contributed by atoms with E-state index in [9.17, 15) is 30.8 Å². The Morgan fingerprint density at radius 2 is 1.74 bits per heavy atom. The molecule has 0 radical (unpaired) electrons. The van der Waals surface area contributed by atoms with Crippen LogP contribution in [0, 0.1) is 5.82 Å². The topological polar surface area (TPSA) is 131 Å². The summed E-state index contributed by atoms with van der Waals surface area (Å²) in [4.78, 5) is 29.1. The van der Waals surface area contributed by atoms with E-state index in [1.165, 1.54) is 55.2 Å². The minimum Gasteiger partial charge on any atom is -0.443 e. The quantitative estimate of drug-likeness (QED) is 0.247. The smallest absolute Gasteiger partial charge is 0.416 e. The molecule has 2 aromatic carbocycles. The number of benzene rings is 2. The number of aromatic nitrogens is 4. The van der Waals surface area contributed by atoms with Crippen LogP contribution in [0.25, 0.3) is 22.2 Å². The lowest BCUT2D eigenvalue weighted by Crippen LogP contribution is -2.40. The van der Waals surface area contributed by atoms with E-state index in [1.54, 1.807) is 0 Å². The molecular weight excluding hydrogens is 580 g/mol. The zero-order valence-corrected chi connectivity index (χ0v) is 22.2. The Kier molecular flexibility index (Phi) is 7.95. The summed E-state index contributed by atoms with van der Waals surface area (Å²) in [5, 5.41) is 2.32. The van der Waals surface area contributed by atoms with E-state index in [0.29, 0.717) is 17.0 Å². The van der Waals surface area contributed by atoms with Gasteiger partial charge >= 0.3 is 6.18 Å². The van der Waals surface area contributed by atoms with E-state index in [-0.39, 0.29) is 29.8 Å². The highest BCUT2D eigenvalue weighted by Crippen LogP contribution is 2.31. The van der Waals surface area contributed by atoms with Gasteiger partial charge in [0.25, 0.3) is 10.0 Å². The van der Waals surface area contributed by atoms with Gasteiger partial charge in [-0.2, -0.15) is 17.5 Å². The molecule has 0 saturated carbocycles. The molecule has 0 aliphatic carbocycles. The van der Waals surface area contributed by atoms with Crippen LogP contribution in [-0.2, 0) is 34.1 Å². The summed E-state index contributed by atoms with van der Waals surface area (Å²) < 4.78 is 85.6. The number of alkyl halides is 3. The van der Waals surface area contributed by atoms with Crippen LogP contribution in [0.5, 0.6) is 0 Å². The van der Waals surface area contributed by atoms with Gasteiger partial charge in [0.2, 0.25) is 11.0 Å². The molecule has 5 rings (SSSR count). The number of amides is 1. The van der Waals surface area contributed by atoms with E-state index in [4.69, 9.17) is 4.42 Å². The summed E-state index contributed by atoms with van der Waals surface area (Å²) in [6.45, 7) is -1.08. The highest BCUT2D eigenvalue weighted by Gasteiger charge is 2.31. The molecule has 1 amide bonds. The van der Waals surface area contributed by atoms with E-state index < -0.39 is 45.1 Å². The van der Waals surface area contributed by atoms with Crippen molar-refractivity contribution in [3.05, 3.63) is 102 Å². The first-order valence-electron chi connectivity index (χ1n) is 12.2. The van der Waals surface area contributed by atoms with Crippen molar-refractivity contribution in [1.29, 1.82) is 0 Å². The van der Waals surface area contributed by atoms with Crippen molar-refractivity contribution in [2.75, 3.05) is 6.54 Å². The highest BCUT2D eigenvalue weighted by atomic mass is 32.2. The number of sulfonamides is 1. The van der Waals surface area contributed by atoms with Gasteiger partial charge in [0, 0.05) is 35.6 Å². The lowest BCUT2D eigenvalue weighted by atomic mass is 10.1. The van der Waals surface area contributed by atoms with Gasteiger partial charge in [0.15, 0.2) is 0 Å². The molecule has 0 atom stereocenters. The average Bonchev–Trinajstić information content (AvgIpc) is 3.40. The fourth-order valence-electron chi connectivity index (χ4n) is 3.95. The van der Waals surface area contributed by atoms with E-state index >= 15 is 0 Å². The van der Waals surface area contributed by atoms with Crippen LogP contribution >= 0.6 is 0 Å². The fourth-order valence-corrected chi connectivity index (χ4v) is 5.26. The number of hydrogen-bond donors (Lipinski definition) is 1. The van der Waals surface area contributed by atoms with Gasteiger partial charge in [-0.05, 0) is 36.4 Å². The summed E-state index contributed by atoms with van der Waals surface area (Å²) in [5.41, 5.74) is 0.667. The number of nitrogens with one attached hydrogen (secondary N) is 1. The third-order valence-corrected chi connectivity index (χ3v) is 7.67. The molecule has 0 bridgehead atoms. The second kappa shape index (κ2) is 11.6. The SMILES string of the molecule is O=C(CN(Cc1cnccn1)S(=O)(=O)c1cc2cc(F)ccc2o1)NCc1cc(-c2ccc(C(F)(F)F)cc2)ncn1. The van der Waals surface area contributed by atoms with Gasteiger partial charge in [0.05, 0.1) is 42.3 Å². The number of carbonyl (C=O) groups is 1. The van der Waals surface area contributed by atoms with Crippen molar-refractivity contribution in [3.63, 3.8) is 0 Å². The molecule has 3 aromatic heterocycles. The zero-order valence-electron chi connectivity index (χ0n) is 21.4. The van der Waals surface area contributed by atoms with Gasteiger partial charge in [0.1, 0.15) is 17.7 Å². The van der Waals surface area contributed by atoms with Crippen LogP contribution in [0.4, 0.5) is 17.6 Å². The Labute approximate surface area is 236 Å². The van der Waals surface area contributed by atoms with Crippen molar-refractivity contribution >= 4 is 26.9 Å². The van der Waals surface area contributed by atoms with Gasteiger partial charge < -0.3 is 9.73 Å². The van der Waals surface area contributed by atoms with E-state index in [0.717, 1.165) is 28.6 Å². The zero-order chi connectivity index (χ0) is 29.9. The monoisotopic (exact) mass is 600 g/mol. The molecule has 0 saturated heterocycles. The normalized spacial score (nSPS) is 12.1. The number of halogens is 4. The van der Waals surface area contributed by atoms with Crippen LogP contribution < -0.4 is 5.32 Å². The third kappa shape index (κ3) is 6.58. The van der Waals surface area contributed by atoms with Crippen LogP contribution in [0.2, 0.25) is 0 Å². The number of nitrogens with zero attached hydrogens (tertiary/aromatic N) is 5. The molecule has 10 nitrogen and oxygen atoms in total. The molecule has 42 heavy (non-hydrogen) atoms. The summed E-state index contributed by atoms with van der Waals surface area (Å²) in [5.74, 6) is -1.27. The molecule has 3 heterocycles. The van der Waals surface area contributed by atoms with Crippen molar-refractivity contribution in [2.45, 2.75) is 24.4 Å². The summed E-state index contributed by atoms with van der Waals surface area (Å²) in [6.07, 6.45) is 0.843. The molecule has 5 aromatic rings. The summed E-state index contributed by atoms with van der Waals surface area (Å²) in [7, 11) is -4.40. The minimum atomic E-state index is -4.48. The standard InChI is InChI=1S/C27H20F4N6O4S/c28-20-5-6-24-18(9-20)10-26(41-24)42(39,40)37(14-22-12-32-7-8-33-22)15-25(38)34-13-21-11-23(36-16-35-21)17-1-3-19(4-2-17)27(29,30)31/h1-12,16H,13-15H2,(H,34,38). The molecule has 0 spiro atoms. The van der Waals surface area contributed by atoms with Crippen molar-refractivity contribution in [2.24, 2.45) is 0 Å². The molecule has 0 aliphatic heterocycles. The van der Waals surface area contributed by atoms with Gasteiger partial charge in [-0.3, -0.25) is 14.8 Å². The lowest BCUT2D eigenvalue weighted by Gasteiger charge is -2.20. The first-order valence-corrected chi connectivity index (χ1v) is 13.6. The predicted octanol–water partition coefficient (Wildman–Crippen LogP) is 4.35. The first-order chi connectivity index (χ1) is 20.0. The van der Waals surface area contributed by atoms with E-state index in [1.807, 2.05) is 0 Å². The van der Waals surface area contributed by atoms with Gasteiger partial charge in [-0.15, -0.1) is 0 Å². The molecule has 15 heteroatoms. The predicted molar refractivity (Wildman–Crippen MR) is 140 cm³/mol. The number of carbonyl (C=O) groups excluding carboxylic acids is 1. The van der Waals surface area contributed by atoms with E-state index in [2.05, 4.69) is 25.3 Å².